The molecule has 0 atom stereocenters. The molecule has 220 valence electrons. The van der Waals surface area contributed by atoms with Crippen LogP contribution in [0.1, 0.15) is 17.3 Å². The summed E-state index contributed by atoms with van der Waals surface area (Å²) in [5.74, 6) is -4.95. The van der Waals surface area contributed by atoms with Gasteiger partial charge in [-0.1, -0.05) is 0 Å². The molecular weight excluding hydrogens is 545 g/mol. The van der Waals surface area contributed by atoms with Crippen molar-refractivity contribution in [1.29, 1.82) is 0 Å². The number of aryl methyl sites for hydroxylation is 1. The van der Waals surface area contributed by atoms with Crippen LogP contribution in [-0.4, -0.2) is 98.1 Å². The van der Waals surface area contributed by atoms with Gasteiger partial charge in [0.1, 0.15) is 17.8 Å². The molecular formula is C27H31F3N6O5. The Morgan fingerprint density at radius 2 is 1.66 bits per heavy atom. The second-order valence-corrected chi connectivity index (χ2v) is 9.59. The summed E-state index contributed by atoms with van der Waals surface area (Å²) in [6.07, 6.45) is 3.23. The van der Waals surface area contributed by atoms with Crippen molar-refractivity contribution in [2.45, 2.75) is 13.5 Å². The number of aromatic nitrogens is 3. The third-order valence-corrected chi connectivity index (χ3v) is 7.35. The molecule has 0 aliphatic carbocycles. The van der Waals surface area contributed by atoms with E-state index in [1.54, 1.807) is 30.3 Å². The molecule has 14 heteroatoms. The van der Waals surface area contributed by atoms with Gasteiger partial charge in [-0.3, -0.25) is 9.69 Å². The van der Waals surface area contributed by atoms with E-state index in [2.05, 4.69) is 9.97 Å². The highest BCUT2D eigenvalue weighted by molar-refractivity contribution is 5.98. The Morgan fingerprint density at radius 3 is 2.29 bits per heavy atom. The number of pyridine rings is 1. The van der Waals surface area contributed by atoms with Crippen molar-refractivity contribution < 1.29 is 32.2 Å². The zero-order valence-corrected chi connectivity index (χ0v) is 22.9. The maximum absolute atomic E-state index is 15.8. The number of piperazine rings is 1. The van der Waals surface area contributed by atoms with Crippen LogP contribution >= 0.6 is 0 Å². The first-order chi connectivity index (χ1) is 19.9. The lowest BCUT2D eigenvalue weighted by Gasteiger charge is -2.37. The van der Waals surface area contributed by atoms with Crippen LogP contribution in [0.5, 0.6) is 5.75 Å². The van der Waals surface area contributed by atoms with Gasteiger partial charge in [-0.15, -0.1) is 0 Å². The summed E-state index contributed by atoms with van der Waals surface area (Å²) in [4.78, 5) is 40.2. The smallest absolute Gasteiger partial charge is 0.346 e. The predicted octanol–water partition coefficient (Wildman–Crippen LogP) is 2.05. The number of rotatable bonds is 8. The van der Waals surface area contributed by atoms with Crippen LogP contribution in [0, 0.1) is 17.6 Å². The molecule has 2 fully saturated rings. The zero-order chi connectivity index (χ0) is 29.1. The molecule has 0 spiro atoms. The van der Waals surface area contributed by atoms with Gasteiger partial charge in [0.25, 0.3) is 0 Å². The van der Waals surface area contributed by atoms with E-state index in [0.717, 1.165) is 4.57 Å². The molecule has 2 saturated heterocycles. The fraction of sp³-hybridized carbons (Fsp3) is 0.481. The van der Waals surface area contributed by atoms with E-state index in [-0.39, 0.29) is 43.2 Å². The fourth-order valence-corrected chi connectivity index (χ4v) is 5.26. The number of methoxy groups -OCH3 is 1. The van der Waals surface area contributed by atoms with Crippen LogP contribution < -0.4 is 20.0 Å². The molecule has 0 unspecified atom stereocenters. The summed E-state index contributed by atoms with van der Waals surface area (Å²) in [7, 11) is 1.24. The highest BCUT2D eigenvalue weighted by Crippen LogP contribution is 2.41. The normalized spacial score (nSPS) is 16.3. The summed E-state index contributed by atoms with van der Waals surface area (Å²) >= 11 is 0. The van der Waals surface area contributed by atoms with Crippen molar-refractivity contribution in [2.24, 2.45) is 0 Å². The third-order valence-electron chi connectivity index (χ3n) is 7.35. The predicted molar refractivity (Wildman–Crippen MR) is 144 cm³/mol. The molecule has 2 aromatic heterocycles. The Morgan fingerprint density at radius 1 is 1.00 bits per heavy atom. The van der Waals surface area contributed by atoms with Gasteiger partial charge in [0, 0.05) is 64.8 Å². The number of hydrogen-bond donors (Lipinski definition) is 0. The monoisotopic (exact) mass is 576 g/mol. The Kier molecular flexibility index (Phi) is 8.59. The summed E-state index contributed by atoms with van der Waals surface area (Å²) in [6.45, 7) is 5.38. The molecule has 0 radical (unpaired) electrons. The number of anilines is 2. The molecule has 3 aromatic rings. The minimum absolute atomic E-state index is 0.101. The van der Waals surface area contributed by atoms with Gasteiger partial charge in [-0.25, -0.2) is 23.5 Å². The molecule has 0 saturated carbocycles. The minimum atomic E-state index is -1.49. The minimum Gasteiger partial charge on any atom is -0.492 e. The SMILES string of the molecule is CCn1c(F)c(C(=O)OCCN2CCOCC2)c(=O)c2c(F)c(F)c(N3CCN(c4ncccn4)CC3)c(OC)c21. The van der Waals surface area contributed by atoms with Crippen molar-refractivity contribution in [3.05, 3.63) is 51.8 Å². The van der Waals surface area contributed by atoms with E-state index in [9.17, 15) is 9.59 Å². The fourth-order valence-electron chi connectivity index (χ4n) is 5.26. The van der Waals surface area contributed by atoms with Crippen LogP contribution in [0.25, 0.3) is 10.9 Å². The molecule has 4 heterocycles. The average molecular weight is 577 g/mol. The van der Waals surface area contributed by atoms with Gasteiger partial charge in [-0.2, -0.15) is 4.39 Å². The van der Waals surface area contributed by atoms with E-state index in [4.69, 9.17) is 14.2 Å². The highest BCUT2D eigenvalue weighted by atomic mass is 19.2. The van der Waals surface area contributed by atoms with Crippen LogP contribution in [0.15, 0.2) is 23.3 Å². The van der Waals surface area contributed by atoms with Crippen molar-refractivity contribution in [3.63, 3.8) is 0 Å². The van der Waals surface area contributed by atoms with Crippen LogP contribution in [-0.2, 0) is 16.0 Å². The maximum Gasteiger partial charge on any atom is 0.346 e. The molecule has 5 rings (SSSR count). The molecule has 1 aromatic carbocycles. The Labute approximate surface area is 234 Å². The Bertz CT molecular complexity index is 1470. The number of nitrogens with zero attached hydrogens (tertiary/aromatic N) is 6. The van der Waals surface area contributed by atoms with Crippen LogP contribution in [0.2, 0.25) is 0 Å². The van der Waals surface area contributed by atoms with Gasteiger partial charge in [0.05, 0.1) is 25.7 Å². The van der Waals surface area contributed by atoms with Crippen molar-refractivity contribution in [3.8, 4) is 5.75 Å². The molecule has 41 heavy (non-hydrogen) atoms. The number of esters is 1. The zero-order valence-electron chi connectivity index (χ0n) is 22.9. The van der Waals surface area contributed by atoms with Gasteiger partial charge in [0.2, 0.25) is 17.3 Å². The lowest BCUT2D eigenvalue weighted by atomic mass is 10.1. The number of halogens is 3. The second-order valence-electron chi connectivity index (χ2n) is 9.59. The number of hydrogen-bond acceptors (Lipinski definition) is 10. The van der Waals surface area contributed by atoms with E-state index in [0.29, 0.717) is 51.9 Å². The number of benzene rings is 1. The first-order valence-electron chi connectivity index (χ1n) is 13.4. The quantitative estimate of drug-likeness (QED) is 0.293. The molecule has 2 aliphatic rings. The maximum atomic E-state index is 15.8. The summed E-state index contributed by atoms with van der Waals surface area (Å²) in [5.41, 5.74) is -2.78. The van der Waals surface area contributed by atoms with Gasteiger partial charge in [0.15, 0.2) is 22.9 Å². The Balaban J connectivity index is 1.50. The number of carbonyl (C=O) groups excluding carboxylic acids is 1. The molecule has 2 aliphatic heterocycles. The van der Waals surface area contributed by atoms with E-state index in [1.807, 2.05) is 9.80 Å². The van der Waals surface area contributed by atoms with E-state index < -0.39 is 39.9 Å². The molecule has 0 bridgehead atoms. The van der Waals surface area contributed by atoms with Crippen molar-refractivity contribution in [2.75, 3.05) is 82.5 Å². The molecule has 0 N–H and O–H groups in total. The molecule has 0 amide bonds. The number of carbonyl (C=O) groups is 1. The third kappa shape index (κ3) is 5.40. The average Bonchev–Trinajstić information content (AvgIpc) is 3.00. The Hall–Kier alpha value is -3.91. The van der Waals surface area contributed by atoms with Crippen molar-refractivity contribution >= 4 is 28.5 Å². The topological polar surface area (TPSA) is 102 Å². The van der Waals surface area contributed by atoms with E-state index in [1.165, 1.54) is 7.11 Å². The highest BCUT2D eigenvalue weighted by Gasteiger charge is 2.34. The lowest BCUT2D eigenvalue weighted by Crippen LogP contribution is -2.47. The summed E-state index contributed by atoms with van der Waals surface area (Å²) in [6, 6.07) is 1.70. The van der Waals surface area contributed by atoms with Crippen LogP contribution in [0.3, 0.4) is 0 Å². The van der Waals surface area contributed by atoms with Gasteiger partial charge in [-0.05, 0) is 13.0 Å². The summed E-state index contributed by atoms with van der Waals surface area (Å²) < 4.78 is 64.1. The largest absolute Gasteiger partial charge is 0.492 e. The lowest BCUT2D eigenvalue weighted by molar-refractivity contribution is 0.0192. The standard InChI is InChI=1S/C27H31F3N6O5/c1-3-36-21-17(23(37)18(25(36)30)26(38)41-16-13-33-11-14-40-15-12-33)19(28)20(29)22(24(21)39-2)34-7-9-35(10-8-34)27-31-5-4-6-32-27/h4-6H,3,7-16H2,1-2H3. The van der Waals surface area contributed by atoms with Crippen LogP contribution in [0.4, 0.5) is 24.8 Å². The van der Waals surface area contributed by atoms with E-state index >= 15 is 13.2 Å². The second kappa shape index (κ2) is 12.3. The number of fused-ring (bicyclic) bond motifs is 1. The first-order valence-corrected chi connectivity index (χ1v) is 13.4. The summed E-state index contributed by atoms with van der Waals surface area (Å²) in [5, 5.41) is -0.775. The first kappa shape index (κ1) is 28.6. The van der Waals surface area contributed by atoms with Gasteiger partial charge >= 0.3 is 5.97 Å². The number of morpholine rings is 1. The number of ether oxygens (including phenoxy) is 3. The van der Waals surface area contributed by atoms with Gasteiger partial charge < -0.3 is 28.6 Å². The van der Waals surface area contributed by atoms with Crippen molar-refractivity contribution in [1.82, 2.24) is 19.4 Å². The molecule has 11 nitrogen and oxygen atoms in total.